The van der Waals surface area contributed by atoms with Crippen LogP contribution in [-0.2, 0) is 14.2 Å². The van der Waals surface area contributed by atoms with E-state index in [0.29, 0.717) is 11.8 Å². The predicted molar refractivity (Wildman–Crippen MR) is 81.6 cm³/mol. The van der Waals surface area contributed by atoms with Crippen LogP contribution in [0, 0.1) is 11.8 Å². The molecule has 0 saturated heterocycles. The number of aliphatic hydroxyl groups excluding tert-OH is 2. The molecule has 0 aliphatic rings. The van der Waals surface area contributed by atoms with E-state index in [4.69, 9.17) is 24.4 Å². The first-order valence-corrected chi connectivity index (χ1v) is 7.10. The summed E-state index contributed by atoms with van der Waals surface area (Å²) in [5.41, 5.74) is 0. The van der Waals surface area contributed by atoms with Gasteiger partial charge >= 0.3 is 37.7 Å². The Labute approximate surface area is 155 Å². The number of hydrogen-bond donors (Lipinski definition) is 2. The molecule has 6 heteroatoms. The summed E-state index contributed by atoms with van der Waals surface area (Å²) in [6.45, 7) is 8.82. The molecule has 2 N–H and O–H groups in total. The van der Waals surface area contributed by atoms with Crippen molar-refractivity contribution >= 4 is 37.7 Å². The number of hydrogen-bond acceptors (Lipinski definition) is 5. The maximum absolute atomic E-state index is 8.83. The zero-order valence-corrected chi connectivity index (χ0v) is 15.6. The molecule has 0 heterocycles. The maximum Gasteiger partial charge on any atom is 2.00 e. The monoisotopic (exact) mass is 320 g/mol. The van der Waals surface area contributed by atoms with Crippen LogP contribution in [0.3, 0.4) is 0 Å². The molecular weight excluding hydrogens is 288 g/mol. The zero-order valence-electron chi connectivity index (χ0n) is 15.4. The van der Waals surface area contributed by atoms with Gasteiger partial charge in [-0.05, 0) is 11.8 Å². The van der Waals surface area contributed by atoms with E-state index in [2.05, 4.69) is 27.7 Å². The van der Waals surface area contributed by atoms with E-state index in [-0.39, 0.29) is 79.6 Å². The predicted octanol–water partition coefficient (Wildman–Crippen LogP) is 1.61. The minimum atomic E-state index is -0.380. The Kier molecular flexibility index (Phi) is 17.5. The van der Waals surface area contributed by atoms with Gasteiger partial charge in [0.25, 0.3) is 0 Å². The molecule has 2 unspecified atom stereocenters. The second-order valence-electron chi connectivity index (χ2n) is 5.44. The van der Waals surface area contributed by atoms with Gasteiger partial charge in [-0.2, -0.15) is 0 Å². The Bertz CT molecular complexity index is 192. The number of aliphatic hydroxyl groups is 2. The summed E-state index contributed by atoms with van der Waals surface area (Å²) in [5, 5.41) is 17.7. The summed E-state index contributed by atoms with van der Waals surface area (Å²) in [6, 6.07) is 0. The zero-order chi connectivity index (χ0) is 14.7. The molecule has 0 fully saturated rings. The van der Waals surface area contributed by atoms with Gasteiger partial charge in [-0.15, -0.1) is 0 Å². The van der Waals surface area contributed by atoms with E-state index in [1.165, 1.54) is 0 Å². The third-order valence-corrected chi connectivity index (χ3v) is 2.42. The molecule has 0 radical (unpaired) electrons. The van der Waals surface area contributed by atoms with Crippen molar-refractivity contribution in [3.8, 4) is 0 Å². The molecule has 0 rings (SSSR count). The summed E-state index contributed by atoms with van der Waals surface area (Å²) in [5.74, 6) is 0.863. The average molecular weight is 320 g/mol. The van der Waals surface area contributed by atoms with Crippen molar-refractivity contribution in [3.63, 3.8) is 0 Å². The first-order valence-electron chi connectivity index (χ1n) is 7.10. The number of rotatable bonds is 12. The van der Waals surface area contributed by atoms with Crippen molar-refractivity contribution in [2.75, 3.05) is 26.4 Å². The van der Waals surface area contributed by atoms with Crippen LogP contribution in [-0.4, -0.2) is 87.0 Å². The van der Waals surface area contributed by atoms with Gasteiger partial charge in [0, 0.05) is 12.8 Å². The Morgan fingerprint density at radius 1 is 0.800 bits per heavy atom. The molecule has 5 nitrogen and oxygen atoms in total. The summed E-state index contributed by atoms with van der Waals surface area (Å²) >= 11 is 0. The molecular formula is C14H32CaO5. The molecule has 120 valence electrons. The second-order valence-corrected chi connectivity index (χ2v) is 5.44. The second kappa shape index (κ2) is 15.0. The standard InChI is InChI=1S/C14H30O5.Ca.2H/c1-11(2)9-13(17-7-5-15)19-14(10-12(3)4)18-8-6-16;;;/h11-16H,5-10H2,1-4H3;;;/q;+2;2*-1. The van der Waals surface area contributed by atoms with E-state index >= 15 is 0 Å². The van der Waals surface area contributed by atoms with E-state index in [0.717, 1.165) is 12.8 Å². The topological polar surface area (TPSA) is 68.2 Å². The third kappa shape index (κ3) is 14.0. The molecule has 0 aromatic carbocycles. The SMILES string of the molecule is CC(C)CC(OCCO)OC(CC(C)C)OCCO.[Ca+2].[H-].[H-]. The molecule has 0 aromatic rings. The Morgan fingerprint density at radius 2 is 1.15 bits per heavy atom. The summed E-state index contributed by atoms with van der Waals surface area (Å²) in [4.78, 5) is 0. The quantitative estimate of drug-likeness (QED) is 0.422. The molecule has 0 amide bonds. The van der Waals surface area contributed by atoms with Gasteiger partial charge in [-0.25, -0.2) is 0 Å². The molecule has 0 aliphatic carbocycles. The minimum absolute atomic E-state index is 0. The van der Waals surface area contributed by atoms with Crippen molar-refractivity contribution in [2.45, 2.75) is 53.1 Å². The maximum atomic E-state index is 8.83. The van der Waals surface area contributed by atoms with Gasteiger partial charge in [-0.1, -0.05) is 27.7 Å². The van der Waals surface area contributed by atoms with Crippen molar-refractivity contribution in [3.05, 3.63) is 0 Å². The fourth-order valence-corrected chi connectivity index (χ4v) is 1.63. The van der Waals surface area contributed by atoms with Crippen LogP contribution in [0.25, 0.3) is 0 Å². The third-order valence-electron chi connectivity index (χ3n) is 2.42. The number of ether oxygens (including phenoxy) is 3. The first-order chi connectivity index (χ1) is 8.99. The average Bonchev–Trinajstić information content (AvgIpc) is 2.31. The van der Waals surface area contributed by atoms with Crippen LogP contribution in [0.4, 0.5) is 0 Å². The van der Waals surface area contributed by atoms with Crippen LogP contribution >= 0.6 is 0 Å². The Hall–Kier alpha value is 1.06. The van der Waals surface area contributed by atoms with Gasteiger partial charge in [0.1, 0.15) is 0 Å². The first kappa shape index (κ1) is 23.3. The van der Waals surface area contributed by atoms with Gasteiger partial charge < -0.3 is 27.3 Å². The van der Waals surface area contributed by atoms with Gasteiger partial charge in [0.2, 0.25) is 0 Å². The summed E-state index contributed by atoms with van der Waals surface area (Å²) in [7, 11) is 0. The van der Waals surface area contributed by atoms with E-state index < -0.39 is 0 Å². The van der Waals surface area contributed by atoms with Crippen LogP contribution in [0.1, 0.15) is 43.4 Å². The summed E-state index contributed by atoms with van der Waals surface area (Å²) < 4.78 is 16.8. The molecule has 0 aliphatic heterocycles. The van der Waals surface area contributed by atoms with E-state index in [1.807, 2.05) is 0 Å². The normalized spacial score (nSPS) is 14.4. The van der Waals surface area contributed by atoms with Crippen LogP contribution in [0.5, 0.6) is 0 Å². The van der Waals surface area contributed by atoms with Crippen molar-refractivity contribution in [1.29, 1.82) is 0 Å². The van der Waals surface area contributed by atoms with Crippen LogP contribution < -0.4 is 0 Å². The van der Waals surface area contributed by atoms with Gasteiger partial charge in [0.05, 0.1) is 26.4 Å². The smallest absolute Gasteiger partial charge is 1.00 e. The van der Waals surface area contributed by atoms with E-state index in [1.54, 1.807) is 0 Å². The van der Waals surface area contributed by atoms with Crippen LogP contribution in [0.2, 0.25) is 0 Å². The Balaban J connectivity index is -0.000000540. The minimum Gasteiger partial charge on any atom is -1.00 e. The largest absolute Gasteiger partial charge is 2.00 e. The molecule has 0 bridgehead atoms. The molecule has 0 aromatic heterocycles. The molecule has 0 spiro atoms. The van der Waals surface area contributed by atoms with Crippen molar-refractivity contribution < 1.29 is 27.3 Å². The molecule has 2 atom stereocenters. The van der Waals surface area contributed by atoms with Gasteiger partial charge in [0.15, 0.2) is 12.6 Å². The van der Waals surface area contributed by atoms with Crippen molar-refractivity contribution in [2.24, 2.45) is 11.8 Å². The molecule has 0 saturated carbocycles. The fraction of sp³-hybridized carbons (Fsp3) is 1.00. The Morgan fingerprint density at radius 3 is 1.40 bits per heavy atom. The van der Waals surface area contributed by atoms with Crippen molar-refractivity contribution in [1.82, 2.24) is 0 Å². The molecule has 20 heavy (non-hydrogen) atoms. The van der Waals surface area contributed by atoms with Gasteiger partial charge in [-0.3, -0.25) is 0 Å². The van der Waals surface area contributed by atoms with Crippen LogP contribution in [0.15, 0.2) is 0 Å². The fourth-order valence-electron chi connectivity index (χ4n) is 1.63. The van der Waals surface area contributed by atoms with E-state index in [9.17, 15) is 0 Å². The summed E-state index contributed by atoms with van der Waals surface area (Å²) in [6.07, 6.45) is 0.734.